The van der Waals surface area contributed by atoms with Crippen molar-refractivity contribution >= 4 is 39.0 Å². The molecule has 1 aliphatic rings. The molecular formula is C44H33FN4. The predicted octanol–water partition coefficient (Wildman–Crippen LogP) is 11.4. The van der Waals surface area contributed by atoms with Crippen LogP contribution in [-0.4, -0.2) is 14.5 Å². The molecule has 236 valence electrons. The highest BCUT2D eigenvalue weighted by atomic mass is 19.1. The van der Waals surface area contributed by atoms with Crippen molar-refractivity contribution in [1.29, 1.82) is 0 Å². The number of anilines is 3. The number of pyridine rings is 2. The highest BCUT2D eigenvalue weighted by molar-refractivity contribution is 6.10. The maximum atomic E-state index is 16.5. The zero-order valence-electron chi connectivity index (χ0n) is 27.3. The zero-order chi connectivity index (χ0) is 33.1. The Bertz CT molecular complexity index is 2500. The summed E-state index contributed by atoms with van der Waals surface area (Å²) in [5, 5.41) is 2.18. The normalized spacial score (nSPS) is 14.1. The maximum Gasteiger partial charge on any atom is 0.150 e. The van der Waals surface area contributed by atoms with Crippen LogP contribution in [0.4, 0.5) is 21.5 Å². The van der Waals surface area contributed by atoms with Gasteiger partial charge in [0.05, 0.1) is 22.6 Å². The predicted molar refractivity (Wildman–Crippen MR) is 198 cm³/mol. The molecule has 5 heteroatoms. The molecule has 0 spiro atoms. The van der Waals surface area contributed by atoms with Crippen LogP contribution in [-0.2, 0) is 5.41 Å². The lowest BCUT2D eigenvalue weighted by Crippen LogP contribution is -2.30. The van der Waals surface area contributed by atoms with Crippen molar-refractivity contribution in [2.75, 3.05) is 4.90 Å². The van der Waals surface area contributed by atoms with Gasteiger partial charge < -0.3 is 4.90 Å². The zero-order valence-corrected chi connectivity index (χ0v) is 27.3. The summed E-state index contributed by atoms with van der Waals surface area (Å²) < 4.78 is 18.6. The summed E-state index contributed by atoms with van der Waals surface area (Å²) in [5.74, 6) is 0. The second kappa shape index (κ2) is 11.3. The van der Waals surface area contributed by atoms with Crippen LogP contribution in [0, 0.1) is 0 Å². The van der Waals surface area contributed by atoms with Gasteiger partial charge in [0.1, 0.15) is 5.65 Å². The van der Waals surface area contributed by atoms with Crippen molar-refractivity contribution in [3.8, 4) is 16.9 Å². The quantitative estimate of drug-likeness (QED) is 0.188. The minimum absolute atomic E-state index is 0.243. The number of alkyl halides is 1. The van der Waals surface area contributed by atoms with Crippen LogP contribution in [0.15, 0.2) is 158 Å². The van der Waals surface area contributed by atoms with E-state index in [2.05, 4.69) is 101 Å². The standard InChI is InChI=1S/C44H33FN4/c1-44(2)36-20-6-7-22-39(36)48(32-16-4-3-5-17-32)41-28-40-35(27-37(41)44)34-19-12-24-47-43(34)49(40)33-18-11-15-31(26-33)42(45)30-14-10-13-29(25-30)38-21-8-9-23-46-38/h3-28,42H,1-2H3. The van der Waals surface area contributed by atoms with Gasteiger partial charge in [-0.1, -0.05) is 86.6 Å². The van der Waals surface area contributed by atoms with Crippen molar-refractivity contribution < 1.29 is 4.39 Å². The number of benzene rings is 5. The molecule has 0 amide bonds. The number of nitrogens with zero attached hydrogens (tertiary/aromatic N) is 4. The van der Waals surface area contributed by atoms with Crippen molar-refractivity contribution in [1.82, 2.24) is 14.5 Å². The van der Waals surface area contributed by atoms with Gasteiger partial charge in [-0.15, -0.1) is 0 Å². The van der Waals surface area contributed by atoms with E-state index in [0.717, 1.165) is 50.3 Å². The van der Waals surface area contributed by atoms with Gasteiger partial charge in [0.15, 0.2) is 6.17 Å². The first-order valence-electron chi connectivity index (χ1n) is 16.6. The molecule has 0 N–H and O–H groups in total. The van der Waals surface area contributed by atoms with Crippen molar-refractivity contribution in [3.63, 3.8) is 0 Å². The van der Waals surface area contributed by atoms with Gasteiger partial charge >= 0.3 is 0 Å². The average Bonchev–Trinajstić information content (AvgIpc) is 3.48. The second-order valence-corrected chi connectivity index (χ2v) is 13.2. The lowest BCUT2D eigenvalue weighted by Gasteiger charge is -2.42. The number of hydrogen-bond acceptors (Lipinski definition) is 3. The number of rotatable bonds is 5. The van der Waals surface area contributed by atoms with E-state index < -0.39 is 6.17 Å². The summed E-state index contributed by atoms with van der Waals surface area (Å²) in [4.78, 5) is 11.7. The number of hydrogen-bond donors (Lipinski definition) is 0. The van der Waals surface area contributed by atoms with Crippen LogP contribution < -0.4 is 4.90 Å². The molecule has 0 saturated heterocycles. The second-order valence-electron chi connectivity index (χ2n) is 13.2. The fraction of sp³-hybridized carbons (Fsp3) is 0.0909. The lowest BCUT2D eigenvalue weighted by molar-refractivity contribution is 0.402. The number of para-hydroxylation sites is 2. The molecule has 4 heterocycles. The Hall–Kier alpha value is -6.07. The summed E-state index contributed by atoms with van der Waals surface area (Å²) >= 11 is 0. The summed E-state index contributed by atoms with van der Waals surface area (Å²) in [6.07, 6.45) is 2.27. The Morgan fingerprint density at radius 1 is 0.571 bits per heavy atom. The minimum Gasteiger partial charge on any atom is -0.310 e. The van der Waals surface area contributed by atoms with E-state index in [1.807, 2.05) is 79.0 Å². The Balaban J connectivity index is 1.24. The first kappa shape index (κ1) is 29.1. The topological polar surface area (TPSA) is 34.0 Å². The van der Waals surface area contributed by atoms with Crippen molar-refractivity contribution in [3.05, 3.63) is 180 Å². The largest absolute Gasteiger partial charge is 0.310 e. The fourth-order valence-electron chi connectivity index (χ4n) is 7.55. The Labute approximate surface area is 284 Å². The SMILES string of the molecule is CC1(C)c2ccccc2N(c2ccccc2)c2cc3c(cc21)c1cccnc1n3-c1cccc(C(F)c2cccc(-c3ccccn3)c2)c1. The molecule has 5 aromatic carbocycles. The van der Waals surface area contributed by atoms with E-state index in [4.69, 9.17) is 4.98 Å². The molecule has 49 heavy (non-hydrogen) atoms. The third kappa shape index (κ3) is 4.65. The maximum absolute atomic E-state index is 16.5. The van der Waals surface area contributed by atoms with Gasteiger partial charge in [0.2, 0.25) is 0 Å². The molecule has 1 atom stereocenters. The molecule has 1 unspecified atom stereocenters. The van der Waals surface area contributed by atoms with Gasteiger partial charge in [-0.2, -0.15) is 0 Å². The van der Waals surface area contributed by atoms with E-state index in [1.165, 1.54) is 16.8 Å². The molecule has 0 bridgehead atoms. The van der Waals surface area contributed by atoms with Crippen LogP contribution in [0.3, 0.4) is 0 Å². The van der Waals surface area contributed by atoms with Crippen LogP contribution >= 0.6 is 0 Å². The highest BCUT2D eigenvalue weighted by Gasteiger charge is 2.37. The lowest BCUT2D eigenvalue weighted by atomic mass is 9.73. The summed E-state index contributed by atoms with van der Waals surface area (Å²) in [5.41, 5.74) is 11.3. The van der Waals surface area contributed by atoms with E-state index in [-0.39, 0.29) is 5.41 Å². The number of halogens is 1. The molecule has 1 aliphatic heterocycles. The Morgan fingerprint density at radius 3 is 2.14 bits per heavy atom. The van der Waals surface area contributed by atoms with E-state index in [1.54, 1.807) is 6.20 Å². The summed E-state index contributed by atoms with van der Waals surface area (Å²) in [6.45, 7) is 4.62. The molecule has 9 rings (SSSR count). The van der Waals surface area contributed by atoms with Crippen LogP contribution in [0.25, 0.3) is 38.9 Å². The Morgan fingerprint density at radius 2 is 1.31 bits per heavy atom. The average molecular weight is 637 g/mol. The van der Waals surface area contributed by atoms with Crippen LogP contribution in [0.1, 0.15) is 42.3 Å². The summed E-state index contributed by atoms with van der Waals surface area (Å²) in [7, 11) is 0. The van der Waals surface area contributed by atoms with E-state index in [9.17, 15) is 0 Å². The fourth-order valence-corrected chi connectivity index (χ4v) is 7.55. The third-order valence-corrected chi connectivity index (χ3v) is 9.95. The summed E-state index contributed by atoms with van der Waals surface area (Å²) in [6, 6.07) is 49.2. The first-order chi connectivity index (χ1) is 24.0. The van der Waals surface area contributed by atoms with E-state index >= 15 is 4.39 Å². The smallest absolute Gasteiger partial charge is 0.150 e. The molecule has 0 radical (unpaired) electrons. The number of aromatic nitrogens is 3. The highest BCUT2D eigenvalue weighted by Crippen LogP contribution is 2.53. The molecular weight excluding hydrogens is 604 g/mol. The molecule has 3 aromatic heterocycles. The van der Waals surface area contributed by atoms with Gasteiger partial charge in [0, 0.05) is 45.5 Å². The molecule has 0 saturated carbocycles. The third-order valence-electron chi connectivity index (χ3n) is 9.95. The molecule has 8 aromatic rings. The van der Waals surface area contributed by atoms with Crippen molar-refractivity contribution in [2.24, 2.45) is 0 Å². The molecule has 4 nitrogen and oxygen atoms in total. The first-order valence-corrected chi connectivity index (χ1v) is 16.6. The van der Waals surface area contributed by atoms with Gasteiger partial charge in [-0.05, 0) is 95.1 Å². The van der Waals surface area contributed by atoms with E-state index in [0.29, 0.717) is 11.1 Å². The molecule has 0 fully saturated rings. The van der Waals surface area contributed by atoms with Gasteiger partial charge in [0.25, 0.3) is 0 Å². The van der Waals surface area contributed by atoms with Crippen molar-refractivity contribution in [2.45, 2.75) is 25.4 Å². The van der Waals surface area contributed by atoms with Crippen LogP contribution in [0.5, 0.6) is 0 Å². The van der Waals surface area contributed by atoms with Gasteiger partial charge in [-0.3, -0.25) is 9.55 Å². The Kier molecular flexibility index (Phi) is 6.70. The number of fused-ring (bicyclic) bond motifs is 5. The molecule has 0 aliphatic carbocycles. The van der Waals surface area contributed by atoms with Crippen LogP contribution in [0.2, 0.25) is 0 Å². The monoisotopic (exact) mass is 636 g/mol. The van der Waals surface area contributed by atoms with Gasteiger partial charge in [-0.25, -0.2) is 9.37 Å². The minimum atomic E-state index is -1.32.